The van der Waals surface area contributed by atoms with Crippen molar-refractivity contribution >= 4 is 35.2 Å². The standard InChI is InChI=1S/C18H19N3O4S/c1-12(17(22)23)25-15-9-8-13(10-16(15)24-2)11-19-21-18(26)20-14-6-4-3-5-7-14/h3-12H,1-2H3,(H,22,23)(H2,20,21,26)/b19-11+/t12-/m1/s1. The summed E-state index contributed by atoms with van der Waals surface area (Å²) in [5, 5.41) is 16.3. The highest BCUT2D eigenvalue weighted by Crippen LogP contribution is 2.28. The van der Waals surface area contributed by atoms with Crippen LogP contribution in [0.15, 0.2) is 53.6 Å². The Bertz CT molecular complexity index is 796. The van der Waals surface area contributed by atoms with Gasteiger partial charge in [-0.25, -0.2) is 4.79 Å². The van der Waals surface area contributed by atoms with E-state index in [0.29, 0.717) is 16.6 Å². The maximum absolute atomic E-state index is 10.9. The number of benzene rings is 2. The molecule has 0 saturated heterocycles. The van der Waals surface area contributed by atoms with Crippen molar-refractivity contribution in [3.05, 3.63) is 54.1 Å². The van der Waals surface area contributed by atoms with E-state index in [9.17, 15) is 4.79 Å². The van der Waals surface area contributed by atoms with Crippen LogP contribution >= 0.6 is 12.2 Å². The number of hydrogen-bond donors (Lipinski definition) is 3. The van der Waals surface area contributed by atoms with Crippen LogP contribution in [0.4, 0.5) is 5.69 Å². The van der Waals surface area contributed by atoms with Crippen molar-refractivity contribution in [1.29, 1.82) is 0 Å². The Hall–Kier alpha value is -3.13. The monoisotopic (exact) mass is 373 g/mol. The molecule has 0 radical (unpaired) electrons. The molecule has 2 rings (SSSR count). The number of nitrogens with one attached hydrogen (secondary N) is 2. The predicted octanol–water partition coefficient (Wildman–Crippen LogP) is 2.87. The fraction of sp³-hybridized carbons (Fsp3) is 0.167. The zero-order valence-electron chi connectivity index (χ0n) is 14.3. The van der Waals surface area contributed by atoms with Crippen molar-refractivity contribution in [3.63, 3.8) is 0 Å². The van der Waals surface area contributed by atoms with Gasteiger partial charge in [-0.3, -0.25) is 5.43 Å². The number of carboxylic acids is 1. The van der Waals surface area contributed by atoms with Gasteiger partial charge in [0, 0.05) is 5.69 Å². The van der Waals surface area contributed by atoms with E-state index in [1.165, 1.54) is 14.0 Å². The summed E-state index contributed by atoms with van der Waals surface area (Å²) in [6.45, 7) is 1.45. The summed E-state index contributed by atoms with van der Waals surface area (Å²) < 4.78 is 10.6. The van der Waals surface area contributed by atoms with Crippen LogP contribution in [0.1, 0.15) is 12.5 Å². The molecule has 0 aliphatic rings. The van der Waals surface area contributed by atoms with Crippen molar-refractivity contribution in [3.8, 4) is 11.5 Å². The predicted molar refractivity (Wildman–Crippen MR) is 104 cm³/mol. The Labute approximate surface area is 156 Å². The van der Waals surface area contributed by atoms with Gasteiger partial charge in [0.2, 0.25) is 0 Å². The van der Waals surface area contributed by atoms with Crippen LogP contribution in [0, 0.1) is 0 Å². The second kappa shape index (κ2) is 9.38. The zero-order valence-corrected chi connectivity index (χ0v) is 15.1. The largest absolute Gasteiger partial charge is 0.493 e. The van der Waals surface area contributed by atoms with Gasteiger partial charge in [-0.1, -0.05) is 18.2 Å². The summed E-state index contributed by atoms with van der Waals surface area (Å²) in [6.07, 6.45) is 0.581. The average molecular weight is 373 g/mol. The molecule has 7 nitrogen and oxygen atoms in total. The normalized spacial score (nSPS) is 11.6. The highest BCUT2D eigenvalue weighted by molar-refractivity contribution is 7.80. The van der Waals surface area contributed by atoms with E-state index >= 15 is 0 Å². The van der Waals surface area contributed by atoms with Crippen LogP contribution in [0.5, 0.6) is 11.5 Å². The summed E-state index contributed by atoms with van der Waals surface area (Å²) in [6, 6.07) is 14.5. The number of rotatable bonds is 7. The van der Waals surface area contributed by atoms with E-state index in [0.717, 1.165) is 11.3 Å². The second-order valence-electron chi connectivity index (χ2n) is 5.20. The molecule has 0 heterocycles. The number of ether oxygens (including phenoxy) is 2. The van der Waals surface area contributed by atoms with Gasteiger partial charge in [-0.05, 0) is 55.0 Å². The van der Waals surface area contributed by atoms with E-state index in [1.54, 1.807) is 24.4 Å². The molecule has 0 spiro atoms. The van der Waals surface area contributed by atoms with Crippen molar-refractivity contribution in [2.75, 3.05) is 12.4 Å². The third-order valence-electron chi connectivity index (χ3n) is 3.25. The van der Waals surface area contributed by atoms with Gasteiger partial charge in [0.1, 0.15) is 0 Å². The lowest BCUT2D eigenvalue weighted by atomic mass is 10.2. The summed E-state index contributed by atoms with van der Waals surface area (Å²) in [7, 11) is 1.48. The van der Waals surface area contributed by atoms with Gasteiger partial charge in [0.15, 0.2) is 22.7 Å². The Kier molecular flexibility index (Phi) is 6.92. The van der Waals surface area contributed by atoms with E-state index < -0.39 is 12.1 Å². The third kappa shape index (κ3) is 5.75. The molecule has 0 fully saturated rings. The van der Waals surface area contributed by atoms with Crippen LogP contribution in [-0.4, -0.2) is 35.6 Å². The van der Waals surface area contributed by atoms with Crippen molar-refractivity contribution in [1.82, 2.24) is 5.43 Å². The number of carboxylic acid groups (broad SMARTS) is 1. The van der Waals surface area contributed by atoms with E-state index in [2.05, 4.69) is 15.8 Å². The van der Waals surface area contributed by atoms with Gasteiger partial charge in [0.05, 0.1) is 13.3 Å². The summed E-state index contributed by atoms with van der Waals surface area (Å²) in [5.74, 6) is -0.304. The molecule has 8 heteroatoms. The lowest BCUT2D eigenvalue weighted by Crippen LogP contribution is -2.23. The number of hydrazone groups is 1. The topological polar surface area (TPSA) is 92.2 Å². The van der Waals surface area contributed by atoms with E-state index in [4.69, 9.17) is 26.8 Å². The highest BCUT2D eigenvalue weighted by atomic mass is 32.1. The van der Waals surface area contributed by atoms with Crippen LogP contribution in [-0.2, 0) is 4.79 Å². The fourth-order valence-electron chi connectivity index (χ4n) is 1.95. The first-order chi connectivity index (χ1) is 12.5. The maximum Gasteiger partial charge on any atom is 0.344 e. The minimum absolute atomic E-state index is 0.341. The number of aliphatic carboxylic acids is 1. The molecule has 0 bridgehead atoms. The molecule has 0 amide bonds. The first kappa shape index (κ1) is 19.2. The van der Waals surface area contributed by atoms with E-state index in [-0.39, 0.29) is 0 Å². The molecule has 0 aliphatic carbocycles. The smallest absolute Gasteiger partial charge is 0.344 e. The molecule has 1 atom stereocenters. The Morgan fingerprint density at radius 1 is 1.23 bits per heavy atom. The molecule has 2 aromatic rings. The Morgan fingerprint density at radius 3 is 2.62 bits per heavy atom. The van der Waals surface area contributed by atoms with Gasteiger partial charge in [0.25, 0.3) is 0 Å². The fourth-order valence-corrected chi connectivity index (χ4v) is 2.12. The van der Waals surface area contributed by atoms with Crippen LogP contribution in [0.3, 0.4) is 0 Å². The molecular formula is C18H19N3O4S. The van der Waals surface area contributed by atoms with Gasteiger partial charge in [-0.2, -0.15) is 5.10 Å². The number of thiocarbonyl (C=S) groups is 1. The van der Waals surface area contributed by atoms with Crippen molar-refractivity contribution in [2.45, 2.75) is 13.0 Å². The van der Waals surface area contributed by atoms with Crippen molar-refractivity contribution < 1.29 is 19.4 Å². The highest BCUT2D eigenvalue weighted by Gasteiger charge is 2.15. The quantitative estimate of drug-likeness (QED) is 0.390. The number of methoxy groups -OCH3 is 1. The van der Waals surface area contributed by atoms with Crippen LogP contribution in [0.25, 0.3) is 0 Å². The molecule has 136 valence electrons. The molecule has 0 aromatic heterocycles. The lowest BCUT2D eigenvalue weighted by molar-refractivity contribution is -0.144. The molecule has 3 N–H and O–H groups in total. The molecule has 2 aromatic carbocycles. The number of nitrogens with zero attached hydrogens (tertiary/aromatic N) is 1. The first-order valence-corrected chi connectivity index (χ1v) is 8.13. The summed E-state index contributed by atoms with van der Waals surface area (Å²) in [5.41, 5.74) is 4.31. The van der Waals surface area contributed by atoms with Gasteiger partial charge in [-0.15, -0.1) is 0 Å². The maximum atomic E-state index is 10.9. The Balaban J connectivity index is 1.97. The van der Waals surface area contributed by atoms with Crippen LogP contribution in [0.2, 0.25) is 0 Å². The molecular weight excluding hydrogens is 354 g/mol. The van der Waals surface area contributed by atoms with Gasteiger partial charge >= 0.3 is 5.97 Å². The number of carbonyl (C=O) groups is 1. The average Bonchev–Trinajstić information content (AvgIpc) is 2.63. The van der Waals surface area contributed by atoms with E-state index in [1.807, 2.05) is 30.3 Å². The van der Waals surface area contributed by atoms with Gasteiger partial charge < -0.3 is 19.9 Å². The molecule has 0 aliphatic heterocycles. The zero-order chi connectivity index (χ0) is 18.9. The number of hydrogen-bond acceptors (Lipinski definition) is 5. The SMILES string of the molecule is COc1cc(/C=N/NC(=S)Nc2ccccc2)ccc1O[C@H](C)C(=O)O. The summed E-state index contributed by atoms with van der Waals surface area (Å²) in [4.78, 5) is 10.9. The van der Waals surface area contributed by atoms with Crippen molar-refractivity contribution in [2.24, 2.45) is 5.10 Å². The molecule has 0 unspecified atom stereocenters. The molecule has 26 heavy (non-hydrogen) atoms. The second-order valence-corrected chi connectivity index (χ2v) is 5.61. The minimum atomic E-state index is -1.05. The minimum Gasteiger partial charge on any atom is -0.493 e. The number of anilines is 1. The van der Waals surface area contributed by atoms with Crippen LogP contribution < -0.4 is 20.2 Å². The number of para-hydroxylation sites is 1. The third-order valence-corrected chi connectivity index (χ3v) is 3.44. The Morgan fingerprint density at radius 2 is 1.96 bits per heavy atom. The summed E-state index contributed by atoms with van der Waals surface area (Å²) >= 11 is 5.16. The first-order valence-electron chi connectivity index (χ1n) is 7.72. The molecule has 0 saturated carbocycles. The lowest BCUT2D eigenvalue weighted by Gasteiger charge is -2.14.